The van der Waals surface area contributed by atoms with Crippen LogP contribution in [0.15, 0.2) is 27.6 Å². The third-order valence-electron chi connectivity index (χ3n) is 4.92. The molecule has 0 amide bonds. The van der Waals surface area contributed by atoms with Crippen LogP contribution in [0.25, 0.3) is 0 Å². The molecule has 2 fully saturated rings. The zero-order valence-electron chi connectivity index (χ0n) is 14.2. The monoisotopic (exact) mass is 416 g/mol. The van der Waals surface area contributed by atoms with E-state index in [-0.39, 0.29) is 6.10 Å². The lowest BCUT2D eigenvalue weighted by molar-refractivity contribution is -0.0406. The van der Waals surface area contributed by atoms with E-state index in [1.807, 2.05) is 19.1 Å². The van der Waals surface area contributed by atoms with Gasteiger partial charge in [0.2, 0.25) is 10.0 Å². The van der Waals surface area contributed by atoms with E-state index in [1.165, 1.54) is 0 Å². The molecule has 0 aliphatic carbocycles. The van der Waals surface area contributed by atoms with E-state index in [9.17, 15) is 8.42 Å². The predicted octanol–water partition coefficient (Wildman–Crippen LogP) is 2.63. The first kappa shape index (κ1) is 18.3. The maximum Gasteiger partial charge on any atom is 0.244 e. The number of ether oxygens (including phenoxy) is 1. The topological polar surface area (TPSA) is 49.9 Å². The molecule has 1 unspecified atom stereocenters. The van der Waals surface area contributed by atoms with Crippen molar-refractivity contribution in [2.75, 3.05) is 32.8 Å². The highest BCUT2D eigenvalue weighted by atomic mass is 79.9. The first-order valence-electron chi connectivity index (χ1n) is 8.50. The second-order valence-electron chi connectivity index (χ2n) is 6.75. The number of piperidine rings is 1. The predicted molar refractivity (Wildman–Crippen MR) is 97.6 cm³/mol. The van der Waals surface area contributed by atoms with Gasteiger partial charge < -0.3 is 4.74 Å². The quantitative estimate of drug-likeness (QED) is 0.759. The van der Waals surface area contributed by atoms with E-state index >= 15 is 0 Å². The number of hydrogen-bond donors (Lipinski definition) is 0. The van der Waals surface area contributed by atoms with Gasteiger partial charge in [-0.15, -0.1) is 0 Å². The molecule has 2 aliphatic rings. The van der Waals surface area contributed by atoms with E-state index in [2.05, 4.69) is 27.8 Å². The summed E-state index contributed by atoms with van der Waals surface area (Å²) in [6.07, 6.45) is 2.04. The summed E-state index contributed by atoms with van der Waals surface area (Å²) in [5.74, 6) is 0. The lowest BCUT2D eigenvalue weighted by Gasteiger charge is -2.41. The van der Waals surface area contributed by atoms with Crippen molar-refractivity contribution >= 4 is 26.0 Å². The number of benzene rings is 1. The average molecular weight is 417 g/mol. The van der Waals surface area contributed by atoms with Crippen molar-refractivity contribution in [2.24, 2.45) is 0 Å². The standard InChI is InChI=1S/C17H25BrN2O3S/c1-13-3-4-17(16(18)11-13)24(21,22)20-7-5-15(6-8-20)19-9-10-23-14(2)12-19/h3-4,11,14-15H,5-10,12H2,1-2H3. The second-order valence-corrected chi connectivity index (χ2v) is 9.51. The van der Waals surface area contributed by atoms with Gasteiger partial charge in [0.25, 0.3) is 0 Å². The van der Waals surface area contributed by atoms with Crippen LogP contribution in [0, 0.1) is 6.92 Å². The van der Waals surface area contributed by atoms with E-state index in [0.717, 1.165) is 38.1 Å². The number of nitrogens with zero attached hydrogens (tertiary/aromatic N) is 2. The van der Waals surface area contributed by atoms with Crippen molar-refractivity contribution in [1.82, 2.24) is 9.21 Å². The Morgan fingerprint density at radius 1 is 1.21 bits per heavy atom. The van der Waals surface area contributed by atoms with Crippen LogP contribution in [0.1, 0.15) is 25.3 Å². The first-order chi connectivity index (χ1) is 11.4. The van der Waals surface area contributed by atoms with Gasteiger partial charge in [-0.05, 0) is 60.3 Å². The Morgan fingerprint density at radius 2 is 1.92 bits per heavy atom. The summed E-state index contributed by atoms with van der Waals surface area (Å²) < 4.78 is 33.7. The fraction of sp³-hybridized carbons (Fsp3) is 0.647. The molecule has 0 saturated carbocycles. The summed E-state index contributed by atoms with van der Waals surface area (Å²) in [5, 5.41) is 0. The fourth-order valence-electron chi connectivity index (χ4n) is 3.58. The maximum absolute atomic E-state index is 12.9. The van der Waals surface area contributed by atoms with Gasteiger partial charge in [-0.2, -0.15) is 4.31 Å². The lowest BCUT2D eigenvalue weighted by Crippen LogP contribution is -2.51. The Bertz CT molecular complexity index is 687. The largest absolute Gasteiger partial charge is 0.376 e. The average Bonchev–Trinajstić information content (AvgIpc) is 2.54. The van der Waals surface area contributed by atoms with Crippen LogP contribution in [0.3, 0.4) is 0 Å². The van der Waals surface area contributed by atoms with Gasteiger partial charge in [0.1, 0.15) is 0 Å². The maximum atomic E-state index is 12.9. The Labute approximate surface area is 153 Å². The van der Waals surface area contributed by atoms with Crippen molar-refractivity contribution in [3.8, 4) is 0 Å². The molecule has 7 heteroatoms. The van der Waals surface area contributed by atoms with Crippen LogP contribution in [-0.2, 0) is 14.8 Å². The highest BCUT2D eigenvalue weighted by Crippen LogP contribution is 2.29. The van der Waals surface area contributed by atoms with Crippen molar-refractivity contribution in [3.63, 3.8) is 0 Å². The van der Waals surface area contributed by atoms with Crippen molar-refractivity contribution in [2.45, 2.75) is 43.7 Å². The van der Waals surface area contributed by atoms with E-state index in [1.54, 1.807) is 10.4 Å². The van der Waals surface area contributed by atoms with Crippen molar-refractivity contribution < 1.29 is 13.2 Å². The Hall–Kier alpha value is -0.470. The highest BCUT2D eigenvalue weighted by Gasteiger charge is 2.33. The van der Waals surface area contributed by atoms with Crippen LogP contribution in [-0.4, -0.2) is 62.6 Å². The van der Waals surface area contributed by atoms with E-state index < -0.39 is 10.0 Å². The summed E-state index contributed by atoms with van der Waals surface area (Å²) in [6.45, 7) is 7.89. The summed E-state index contributed by atoms with van der Waals surface area (Å²) in [4.78, 5) is 2.83. The molecule has 0 aromatic heterocycles. The molecule has 2 aliphatic heterocycles. The minimum Gasteiger partial charge on any atom is -0.376 e. The fourth-order valence-corrected chi connectivity index (χ4v) is 6.20. The summed E-state index contributed by atoms with van der Waals surface area (Å²) in [7, 11) is -3.43. The van der Waals surface area contributed by atoms with Crippen LogP contribution < -0.4 is 0 Å². The molecule has 1 aromatic carbocycles. The van der Waals surface area contributed by atoms with Crippen LogP contribution in [0.2, 0.25) is 0 Å². The number of rotatable bonds is 3. The Balaban J connectivity index is 1.67. The molecule has 0 bridgehead atoms. The molecule has 2 heterocycles. The van der Waals surface area contributed by atoms with Gasteiger partial charge >= 0.3 is 0 Å². The minimum atomic E-state index is -3.43. The van der Waals surface area contributed by atoms with Crippen molar-refractivity contribution in [1.29, 1.82) is 0 Å². The molecular weight excluding hydrogens is 392 g/mol. The molecular formula is C17H25BrN2O3S. The second kappa shape index (κ2) is 7.41. The molecule has 2 saturated heterocycles. The Kier molecular flexibility index (Phi) is 5.66. The van der Waals surface area contributed by atoms with Gasteiger partial charge in [-0.1, -0.05) is 6.07 Å². The number of hydrogen-bond acceptors (Lipinski definition) is 4. The lowest BCUT2D eigenvalue weighted by atomic mass is 10.0. The Morgan fingerprint density at radius 3 is 2.54 bits per heavy atom. The number of halogens is 1. The third kappa shape index (κ3) is 3.85. The normalized spacial score (nSPS) is 25.0. The van der Waals surface area contributed by atoms with Crippen molar-refractivity contribution in [3.05, 3.63) is 28.2 Å². The summed E-state index contributed by atoms with van der Waals surface area (Å²) >= 11 is 3.40. The molecule has 1 atom stereocenters. The summed E-state index contributed by atoms with van der Waals surface area (Å²) in [5.41, 5.74) is 1.04. The zero-order valence-corrected chi connectivity index (χ0v) is 16.6. The molecule has 1 aromatic rings. The van der Waals surface area contributed by atoms with Crippen LogP contribution >= 0.6 is 15.9 Å². The zero-order chi connectivity index (χ0) is 17.3. The third-order valence-corrected chi connectivity index (χ3v) is 7.79. The van der Waals surface area contributed by atoms with Gasteiger partial charge in [0.15, 0.2) is 0 Å². The molecule has 134 valence electrons. The van der Waals surface area contributed by atoms with Gasteiger partial charge in [0, 0.05) is 36.7 Å². The van der Waals surface area contributed by atoms with Gasteiger partial charge in [0.05, 0.1) is 17.6 Å². The van der Waals surface area contributed by atoms with Crippen LogP contribution in [0.4, 0.5) is 0 Å². The minimum absolute atomic E-state index is 0.268. The van der Waals surface area contributed by atoms with E-state index in [4.69, 9.17) is 4.74 Å². The number of aryl methyl sites for hydroxylation is 1. The molecule has 24 heavy (non-hydrogen) atoms. The van der Waals surface area contributed by atoms with E-state index in [0.29, 0.717) is 28.5 Å². The number of sulfonamides is 1. The van der Waals surface area contributed by atoms with Gasteiger partial charge in [-0.3, -0.25) is 4.90 Å². The molecule has 0 N–H and O–H groups in total. The smallest absolute Gasteiger partial charge is 0.244 e. The molecule has 0 radical (unpaired) electrons. The molecule has 3 rings (SSSR count). The first-order valence-corrected chi connectivity index (χ1v) is 10.7. The molecule has 5 nitrogen and oxygen atoms in total. The number of morpholine rings is 1. The van der Waals surface area contributed by atoms with Crippen LogP contribution in [0.5, 0.6) is 0 Å². The highest BCUT2D eigenvalue weighted by molar-refractivity contribution is 9.10. The van der Waals surface area contributed by atoms with Gasteiger partial charge in [-0.25, -0.2) is 8.42 Å². The summed E-state index contributed by atoms with van der Waals surface area (Å²) in [6, 6.07) is 5.86. The SMILES string of the molecule is Cc1ccc(S(=O)(=O)N2CCC(N3CCOC(C)C3)CC2)c(Br)c1. The molecule has 0 spiro atoms.